The Kier molecular flexibility index (Phi) is 4.56. The van der Waals surface area contributed by atoms with Gasteiger partial charge in [-0.3, -0.25) is 0 Å². The van der Waals surface area contributed by atoms with Crippen LogP contribution in [0.25, 0.3) is 0 Å². The lowest BCUT2D eigenvalue weighted by atomic mass is 9.92. The van der Waals surface area contributed by atoms with Gasteiger partial charge in [0.25, 0.3) is 0 Å². The van der Waals surface area contributed by atoms with Crippen LogP contribution in [0.2, 0.25) is 0 Å². The Balaban J connectivity index is 2.28. The summed E-state index contributed by atoms with van der Waals surface area (Å²) in [5, 5.41) is 13.2. The third-order valence-corrected chi connectivity index (χ3v) is 3.07. The first-order chi connectivity index (χ1) is 6.91. The summed E-state index contributed by atoms with van der Waals surface area (Å²) in [6.45, 7) is 6.58. The van der Waals surface area contributed by atoms with Crippen molar-refractivity contribution in [3.05, 3.63) is 0 Å². The van der Waals surface area contributed by atoms with E-state index in [0.29, 0.717) is 6.04 Å². The zero-order valence-electron chi connectivity index (χ0n) is 10.6. The van der Waals surface area contributed by atoms with Crippen molar-refractivity contribution < 1.29 is 5.11 Å². The van der Waals surface area contributed by atoms with Gasteiger partial charge < -0.3 is 15.3 Å². The van der Waals surface area contributed by atoms with Gasteiger partial charge in [0.1, 0.15) is 0 Å². The molecule has 0 aromatic rings. The number of aliphatic hydroxyl groups is 1. The lowest BCUT2D eigenvalue weighted by molar-refractivity contribution is 0.137. The van der Waals surface area contributed by atoms with Gasteiger partial charge >= 0.3 is 0 Å². The van der Waals surface area contributed by atoms with Crippen LogP contribution >= 0.6 is 0 Å². The minimum atomic E-state index is -0.125. The van der Waals surface area contributed by atoms with Crippen molar-refractivity contribution in [1.82, 2.24) is 10.2 Å². The molecule has 0 amide bonds. The number of nitrogens with one attached hydrogen (secondary N) is 1. The summed E-state index contributed by atoms with van der Waals surface area (Å²) in [5.41, 5.74) is 0.270. The van der Waals surface area contributed by atoms with Crippen molar-refractivity contribution in [3.63, 3.8) is 0 Å². The Morgan fingerprint density at radius 1 is 1.33 bits per heavy atom. The number of hydrogen-bond acceptors (Lipinski definition) is 3. The topological polar surface area (TPSA) is 35.5 Å². The largest absolute Gasteiger partial charge is 0.392 e. The first-order valence-electron chi connectivity index (χ1n) is 5.97. The predicted octanol–water partition coefficient (Wildman–Crippen LogP) is 1.08. The van der Waals surface area contributed by atoms with E-state index in [1.54, 1.807) is 0 Å². The van der Waals surface area contributed by atoms with Crippen LogP contribution in [0.15, 0.2) is 0 Å². The third-order valence-electron chi connectivity index (χ3n) is 3.07. The van der Waals surface area contributed by atoms with Crippen molar-refractivity contribution in [2.45, 2.75) is 45.3 Å². The number of hydrogen-bond donors (Lipinski definition) is 2. The third kappa shape index (κ3) is 4.49. The number of aliphatic hydroxyl groups excluding tert-OH is 1. The summed E-state index contributed by atoms with van der Waals surface area (Å²) in [6.07, 6.45) is 3.12. The van der Waals surface area contributed by atoms with E-state index in [1.165, 1.54) is 0 Å². The maximum Gasteiger partial charge on any atom is 0.0693 e. The molecule has 90 valence electrons. The van der Waals surface area contributed by atoms with Crippen LogP contribution in [-0.2, 0) is 0 Å². The van der Waals surface area contributed by atoms with Crippen LogP contribution in [0, 0.1) is 5.41 Å². The highest BCUT2D eigenvalue weighted by Crippen LogP contribution is 2.21. The lowest BCUT2D eigenvalue weighted by Gasteiger charge is -2.30. The van der Waals surface area contributed by atoms with E-state index < -0.39 is 0 Å². The van der Waals surface area contributed by atoms with Crippen LogP contribution < -0.4 is 5.32 Å². The lowest BCUT2D eigenvalue weighted by Crippen LogP contribution is -2.44. The zero-order chi connectivity index (χ0) is 11.5. The maximum absolute atomic E-state index is 9.69. The molecule has 1 aliphatic rings. The summed E-state index contributed by atoms with van der Waals surface area (Å²) in [6, 6.07) is 0.325. The molecule has 3 nitrogen and oxygen atoms in total. The van der Waals surface area contributed by atoms with Crippen LogP contribution in [0.3, 0.4) is 0 Å². The molecule has 1 rings (SSSR count). The molecule has 1 fully saturated rings. The summed E-state index contributed by atoms with van der Waals surface area (Å²) in [5.74, 6) is 0. The molecule has 0 aromatic heterocycles. The molecule has 1 saturated carbocycles. The Morgan fingerprint density at radius 2 is 2.00 bits per heavy atom. The van der Waals surface area contributed by atoms with E-state index in [2.05, 4.69) is 38.2 Å². The summed E-state index contributed by atoms with van der Waals surface area (Å²) in [7, 11) is 4.21. The highest BCUT2D eigenvalue weighted by molar-refractivity contribution is 4.85. The van der Waals surface area contributed by atoms with Gasteiger partial charge in [0.05, 0.1) is 6.10 Å². The van der Waals surface area contributed by atoms with Gasteiger partial charge in [-0.15, -0.1) is 0 Å². The smallest absolute Gasteiger partial charge is 0.0693 e. The maximum atomic E-state index is 9.69. The molecule has 1 aliphatic carbocycles. The van der Waals surface area contributed by atoms with E-state index in [4.69, 9.17) is 0 Å². The quantitative estimate of drug-likeness (QED) is 0.719. The van der Waals surface area contributed by atoms with Crippen LogP contribution in [0.5, 0.6) is 0 Å². The first kappa shape index (κ1) is 12.9. The molecule has 3 heteroatoms. The molecular weight excluding hydrogens is 188 g/mol. The van der Waals surface area contributed by atoms with E-state index in [9.17, 15) is 5.11 Å². The van der Waals surface area contributed by atoms with Gasteiger partial charge in [-0.25, -0.2) is 0 Å². The van der Waals surface area contributed by atoms with Crippen molar-refractivity contribution >= 4 is 0 Å². The predicted molar refractivity (Wildman–Crippen MR) is 64.0 cm³/mol. The SMILES string of the molecule is CN(C)CC(C)(C)CNC1CCCC1O. The molecule has 0 heterocycles. The molecule has 0 aliphatic heterocycles. The van der Waals surface area contributed by atoms with Gasteiger partial charge in [0.15, 0.2) is 0 Å². The van der Waals surface area contributed by atoms with Crippen molar-refractivity contribution in [3.8, 4) is 0 Å². The molecule has 2 N–H and O–H groups in total. The number of nitrogens with zero attached hydrogens (tertiary/aromatic N) is 1. The molecular formula is C12H26N2O. The van der Waals surface area contributed by atoms with Gasteiger partial charge in [-0.2, -0.15) is 0 Å². The van der Waals surface area contributed by atoms with Gasteiger partial charge in [0.2, 0.25) is 0 Å². The second-order valence-corrected chi connectivity index (χ2v) is 5.89. The fourth-order valence-electron chi connectivity index (χ4n) is 2.50. The average Bonchev–Trinajstić information content (AvgIpc) is 2.45. The fourth-order valence-corrected chi connectivity index (χ4v) is 2.50. The molecule has 0 bridgehead atoms. The average molecular weight is 214 g/mol. The van der Waals surface area contributed by atoms with Crippen molar-refractivity contribution in [2.75, 3.05) is 27.2 Å². The van der Waals surface area contributed by atoms with E-state index >= 15 is 0 Å². The minimum Gasteiger partial charge on any atom is -0.392 e. The van der Waals surface area contributed by atoms with Gasteiger partial charge in [-0.05, 0) is 38.8 Å². The normalized spacial score (nSPS) is 27.6. The molecule has 0 aromatic carbocycles. The van der Waals surface area contributed by atoms with Crippen molar-refractivity contribution in [2.24, 2.45) is 5.41 Å². The second-order valence-electron chi connectivity index (χ2n) is 5.89. The highest BCUT2D eigenvalue weighted by atomic mass is 16.3. The first-order valence-corrected chi connectivity index (χ1v) is 5.97. The fraction of sp³-hybridized carbons (Fsp3) is 1.00. The standard InChI is InChI=1S/C12H26N2O/c1-12(2,9-14(3)4)8-13-10-6-5-7-11(10)15/h10-11,13,15H,5-9H2,1-4H3. The molecule has 2 atom stereocenters. The van der Waals surface area contributed by atoms with E-state index in [0.717, 1.165) is 32.4 Å². The van der Waals surface area contributed by atoms with Crippen LogP contribution in [0.4, 0.5) is 0 Å². The van der Waals surface area contributed by atoms with Crippen LogP contribution in [0.1, 0.15) is 33.1 Å². The monoisotopic (exact) mass is 214 g/mol. The second kappa shape index (κ2) is 5.28. The summed E-state index contributed by atoms with van der Waals surface area (Å²) < 4.78 is 0. The molecule has 2 unspecified atom stereocenters. The van der Waals surface area contributed by atoms with E-state index in [1.807, 2.05) is 0 Å². The molecule has 0 saturated heterocycles. The van der Waals surface area contributed by atoms with Gasteiger partial charge in [-0.1, -0.05) is 13.8 Å². The Bertz CT molecular complexity index is 192. The molecule has 15 heavy (non-hydrogen) atoms. The van der Waals surface area contributed by atoms with E-state index in [-0.39, 0.29) is 11.5 Å². The number of rotatable bonds is 5. The van der Waals surface area contributed by atoms with Crippen LogP contribution in [-0.4, -0.2) is 49.3 Å². The van der Waals surface area contributed by atoms with Crippen molar-refractivity contribution in [1.29, 1.82) is 0 Å². The highest BCUT2D eigenvalue weighted by Gasteiger charge is 2.27. The Hall–Kier alpha value is -0.120. The summed E-state index contributed by atoms with van der Waals surface area (Å²) in [4.78, 5) is 2.22. The Morgan fingerprint density at radius 3 is 2.47 bits per heavy atom. The minimum absolute atomic E-state index is 0.125. The molecule has 0 spiro atoms. The zero-order valence-corrected chi connectivity index (χ0v) is 10.6. The van der Waals surface area contributed by atoms with Gasteiger partial charge in [0, 0.05) is 19.1 Å². The Labute approximate surface area is 93.9 Å². The molecule has 0 radical (unpaired) electrons. The summed E-state index contributed by atoms with van der Waals surface area (Å²) >= 11 is 0.